The summed E-state index contributed by atoms with van der Waals surface area (Å²) in [5, 5.41) is 3.41. The monoisotopic (exact) mass is 424 g/mol. The van der Waals surface area contributed by atoms with Gasteiger partial charge in [0.2, 0.25) is 10.0 Å². The molecular formula is C17H29ClN2O4S2. The van der Waals surface area contributed by atoms with E-state index in [4.69, 9.17) is 0 Å². The van der Waals surface area contributed by atoms with E-state index in [9.17, 15) is 16.8 Å². The molecule has 26 heavy (non-hydrogen) atoms. The Bertz CT molecular complexity index is 759. The molecule has 2 rings (SSSR count). The number of hydrogen-bond acceptors (Lipinski definition) is 5. The molecule has 0 aliphatic heterocycles. The molecule has 0 unspecified atom stereocenters. The quantitative estimate of drug-likeness (QED) is 0.494. The number of sulfone groups is 1. The summed E-state index contributed by atoms with van der Waals surface area (Å²) in [6, 6.07) is 5.98. The van der Waals surface area contributed by atoms with Gasteiger partial charge in [0.05, 0.1) is 15.5 Å². The number of sulfonamides is 1. The average Bonchev–Trinajstić information content (AvgIpc) is 2.88. The van der Waals surface area contributed by atoms with Crippen LogP contribution in [0.3, 0.4) is 0 Å². The molecule has 0 atom stereocenters. The Morgan fingerprint density at radius 2 is 1.58 bits per heavy atom. The summed E-state index contributed by atoms with van der Waals surface area (Å²) in [6.45, 7) is 2.38. The van der Waals surface area contributed by atoms with E-state index in [2.05, 4.69) is 10.0 Å². The highest BCUT2D eigenvalue weighted by Crippen LogP contribution is 2.18. The summed E-state index contributed by atoms with van der Waals surface area (Å²) < 4.78 is 51.1. The molecule has 1 aromatic carbocycles. The van der Waals surface area contributed by atoms with Crippen molar-refractivity contribution in [2.75, 3.05) is 18.8 Å². The maximum absolute atomic E-state index is 12.4. The fraction of sp³-hybridized carbons (Fsp3) is 0.647. The van der Waals surface area contributed by atoms with E-state index >= 15 is 0 Å². The normalized spacial score (nSPS) is 16.7. The van der Waals surface area contributed by atoms with Crippen molar-refractivity contribution >= 4 is 32.3 Å². The van der Waals surface area contributed by atoms with Crippen LogP contribution in [0.15, 0.2) is 34.1 Å². The molecule has 0 saturated heterocycles. The fourth-order valence-corrected chi connectivity index (χ4v) is 5.11. The predicted octanol–water partition coefficient (Wildman–Crippen LogP) is 2.49. The lowest BCUT2D eigenvalue weighted by Gasteiger charge is -2.16. The summed E-state index contributed by atoms with van der Waals surface area (Å²) in [5.74, 6) is -0.0603. The molecule has 1 saturated carbocycles. The van der Waals surface area contributed by atoms with Crippen LogP contribution >= 0.6 is 12.4 Å². The number of benzene rings is 1. The number of halogens is 1. The molecule has 0 aromatic heterocycles. The van der Waals surface area contributed by atoms with E-state index in [0.29, 0.717) is 12.6 Å². The van der Waals surface area contributed by atoms with Crippen molar-refractivity contribution in [2.45, 2.75) is 61.3 Å². The van der Waals surface area contributed by atoms with Crippen LogP contribution in [-0.2, 0) is 19.9 Å². The summed E-state index contributed by atoms with van der Waals surface area (Å²) in [7, 11) is -7.14. The number of hydrogen-bond donors (Lipinski definition) is 2. The van der Waals surface area contributed by atoms with E-state index in [1.807, 2.05) is 0 Å². The van der Waals surface area contributed by atoms with Crippen molar-refractivity contribution in [2.24, 2.45) is 0 Å². The van der Waals surface area contributed by atoms with Crippen LogP contribution in [0.2, 0.25) is 0 Å². The third-order valence-electron chi connectivity index (χ3n) is 4.56. The van der Waals surface area contributed by atoms with Crippen molar-refractivity contribution in [3.8, 4) is 0 Å². The van der Waals surface area contributed by atoms with Gasteiger partial charge in [-0.2, -0.15) is 0 Å². The van der Waals surface area contributed by atoms with Crippen LogP contribution in [0.25, 0.3) is 0 Å². The maximum Gasteiger partial charge on any atom is 0.240 e. The molecular weight excluding hydrogens is 396 g/mol. The Morgan fingerprint density at radius 1 is 0.962 bits per heavy atom. The smallest absolute Gasteiger partial charge is 0.240 e. The van der Waals surface area contributed by atoms with Gasteiger partial charge in [0.1, 0.15) is 0 Å². The lowest BCUT2D eigenvalue weighted by molar-refractivity contribution is 0.461. The zero-order valence-corrected chi connectivity index (χ0v) is 17.6. The third kappa shape index (κ3) is 6.81. The van der Waals surface area contributed by atoms with Crippen molar-refractivity contribution in [1.29, 1.82) is 0 Å². The molecule has 0 heterocycles. The van der Waals surface area contributed by atoms with Gasteiger partial charge in [-0.3, -0.25) is 0 Å². The largest absolute Gasteiger partial charge is 0.313 e. The van der Waals surface area contributed by atoms with E-state index in [1.165, 1.54) is 56.9 Å². The first-order chi connectivity index (χ1) is 11.8. The molecule has 9 heteroatoms. The summed E-state index contributed by atoms with van der Waals surface area (Å²) >= 11 is 0. The minimum absolute atomic E-state index is 0. The van der Waals surface area contributed by atoms with Crippen molar-refractivity contribution in [3.05, 3.63) is 24.3 Å². The van der Waals surface area contributed by atoms with Gasteiger partial charge in [-0.15, -0.1) is 12.4 Å². The minimum Gasteiger partial charge on any atom is -0.313 e. The number of rotatable bonds is 8. The van der Waals surface area contributed by atoms with Gasteiger partial charge in [0, 0.05) is 19.1 Å². The molecule has 150 valence electrons. The Balaban J connectivity index is 0.00000338. The SMILES string of the molecule is CCS(=O)(=O)c1cccc(S(=O)(=O)NCCNC2CCCCCC2)c1.Cl. The Kier molecular flexibility index (Phi) is 9.54. The molecule has 1 fully saturated rings. The highest BCUT2D eigenvalue weighted by molar-refractivity contribution is 7.91. The van der Waals surface area contributed by atoms with Gasteiger partial charge >= 0.3 is 0 Å². The molecule has 2 N–H and O–H groups in total. The molecule has 1 aromatic rings. The number of nitrogens with one attached hydrogen (secondary N) is 2. The van der Waals surface area contributed by atoms with Crippen molar-refractivity contribution < 1.29 is 16.8 Å². The molecule has 0 spiro atoms. The van der Waals surface area contributed by atoms with Gasteiger partial charge in [0.15, 0.2) is 9.84 Å². The van der Waals surface area contributed by atoms with E-state index in [1.54, 1.807) is 0 Å². The molecule has 1 aliphatic carbocycles. The molecule has 0 amide bonds. The van der Waals surface area contributed by atoms with Crippen LogP contribution in [0.5, 0.6) is 0 Å². The Labute approximate surface area is 163 Å². The first-order valence-corrected chi connectivity index (χ1v) is 12.0. The van der Waals surface area contributed by atoms with E-state index in [0.717, 1.165) is 12.8 Å². The third-order valence-corrected chi connectivity index (χ3v) is 7.75. The van der Waals surface area contributed by atoms with Crippen molar-refractivity contribution in [1.82, 2.24) is 10.0 Å². The van der Waals surface area contributed by atoms with Gasteiger partial charge in [-0.1, -0.05) is 38.7 Å². The molecule has 0 radical (unpaired) electrons. The second kappa shape index (κ2) is 10.6. The summed E-state index contributed by atoms with van der Waals surface area (Å²) in [4.78, 5) is 0.0194. The first kappa shape index (κ1) is 23.4. The fourth-order valence-electron chi connectivity index (χ4n) is 3.03. The van der Waals surface area contributed by atoms with Crippen LogP contribution in [-0.4, -0.2) is 41.7 Å². The lowest BCUT2D eigenvalue weighted by Crippen LogP contribution is -2.36. The molecule has 1 aliphatic rings. The lowest BCUT2D eigenvalue weighted by atomic mass is 10.1. The molecule has 0 bridgehead atoms. The van der Waals surface area contributed by atoms with Gasteiger partial charge in [0.25, 0.3) is 0 Å². The van der Waals surface area contributed by atoms with Crippen LogP contribution < -0.4 is 10.0 Å². The van der Waals surface area contributed by atoms with Crippen LogP contribution in [0, 0.1) is 0 Å². The Morgan fingerprint density at radius 3 is 2.19 bits per heavy atom. The highest BCUT2D eigenvalue weighted by atomic mass is 35.5. The average molecular weight is 425 g/mol. The van der Waals surface area contributed by atoms with E-state index < -0.39 is 19.9 Å². The zero-order valence-electron chi connectivity index (χ0n) is 15.1. The topological polar surface area (TPSA) is 92.3 Å². The molecule has 6 nitrogen and oxygen atoms in total. The van der Waals surface area contributed by atoms with Crippen molar-refractivity contribution in [3.63, 3.8) is 0 Å². The van der Waals surface area contributed by atoms with Crippen LogP contribution in [0.4, 0.5) is 0 Å². The first-order valence-electron chi connectivity index (χ1n) is 8.91. The van der Waals surface area contributed by atoms with E-state index in [-0.39, 0.29) is 34.5 Å². The second-order valence-corrected chi connectivity index (χ2v) is 10.5. The maximum atomic E-state index is 12.4. The zero-order chi connectivity index (χ0) is 18.3. The van der Waals surface area contributed by atoms with Gasteiger partial charge < -0.3 is 5.32 Å². The predicted molar refractivity (Wildman–Crippen MR) is 106 cm³/mol. The minimum atomic E-state index is -3.72. The van der Waals surface area contributed by atoms with Crippen LogP contribution in [0.1, 0.15) is 45.4 Å². The summed E-state index contributed by atoms with van der Waals surface area (Å²) in [6.07, 6.45) is 7.29. The Hall–Kier alpha value is -0.670. The standard InChI is InChI=1S/C17H28N2O4S2.ClH/c1-2-24(20,21)16-10-7-11-17(14-16)25(22,23)19-13-12-18-15-8-5-3-4-6-9-15;/h7,10-11,14-15,18-19H,2-6,8-9,12-13H2,1H3;1H. The van der Waals surface area contributed by atoms with Gasteiger partial charge in [-0.05, 0) is 31.0 Å². The summed E-state index contributed by atoms with van der Waals surface area (Å²) in [5.41, 5.74) is 0. The van der Waals surface area contributed by atoms with Gasteiger partial charge in [-0.25, -0.2) is 21.6 Å². The highest BCUT2D eigenvalue weighted by Gasteiger charge is 2.18. The second-order valence-electron chi connectivity index (χ2n) is 6.42.